The Kier molecular flexibility index (Phi) is 7.24. The van der Waals surface area contributed by atoms with Gasteiger partial charge in [-0.2, -0.15) is 0 Å². The largest absolute Gasteiger partial charge is 0.492 e. The Balaban J connectivity index is 1.79. The van der Waals surface area contributed by atoms with Gasteiger partial charge in [0, 0.05) is 23.5 Å². The molecule has 1 fully saturated rings. The molecule has 1 saturated heterocycles. The number of nitrogens with one attached hydrogen (secondary N) is 2. The summed E-state index contributed by atoms with van der Waals surface area (Å²) < 4.78 is 6.29. The second-order valence-corrected chi connectivity index (χ2v) is 9.58. The van der Waals surface area contributed by atoms with Gasteiger partial charge in [-0.15, -0.1) is 0 Å². The number of halogens is 1. The molecule has 0 aliphatic carbocycles. The number of rotatable bonds is 7. The van der Waals surface area contributed by atoms with Crippen LogP contribution in [0.5, 0.6) is 5.75 Å². The monoisotopic (exact) mass is 483 g/mol. The molecule has 2 N–H and O–H groups in total. The number of pyridine rings is 1. The number of benzene rings is 2. The van der Waals surface area contributed by atoms with Gasteiger partial charge in [0.05, 0.1) is 22.6 Å². The fourth-order valence-corrected chi connectivity index (χ4v) is 5.14. The van der Waals surface area contributed by atoms with Crippen molar-refractivity contribution in [3.8, 4) is 16.9 Å². The van der Waals surface area contributed by atoms with Crippen molar-refractivity contribution in [2.24, 2.45) is 0 Å². The van der Waals surface area contributed by atoms with Gasteiger partial charge in [0.1, 0.15) is 10.8 Å². The number of nitrogens with zero attached hydrogens (tertiary/aromatic N) is 1. The van der Waals surface area contributed by atoms with Crippen molar-refractivity contribution >= 4 is 28.2 Å². The zero-order valence-electron chi connectivity index (χ0n) is 19.7. The molecule has 0 radical (unpaired) electrons. The van der Waals surface area contributed by atoms with Crippen molar-refractivity contribution in [1.29, 1.82) is 0 Å². The molecule has 2 atom stereocenters. The molecule has 8 heteroatoms. The molecular formula is C26H30ClN3O4. The molecule has 3 aromatic rings. The highest BCUT2D eigenvalue weighted by Gasteiger charge is 2.23. The van der Waals surface area contributed by atoms with E-state index in [1.54, 1.807) is 0 Å². The molecule has 0 saturated carbocycles. The van der Waals surface area contributed by atoms with Crippen molar-refractivity contribution in [1.82, 2.24) is 10.3 Å². The predicted molar refractivity (Wildman–Crippen MR) is 136 cm³/mol. The molecule has 7 nitrogen and oxygen atoms in total. The summed E-state index contributed by atoms with van der Waals surface area (Å²) in [6.45, 7) is 6.51. The summed E-state index contributed by atoms with van der Waals surface area (Å²) in [6, 6.07) is 9.56. The number of piperidine rings is 1. The van der Waals surface area contributed by atoms with Crippen LogP contribution < -0.4 is 15.6 Å². The SMILES string of the molecule is CCC1CCCC(CCOc2c(-c3cc(C)cc(C)c3)c(=O)[nH]c3cc(Cl)c([N+](=O)[O-])cc23)N1. The van der Waals surface area contributed by atoms with Gasteiger partial charge in [-0.3, -0.25) is 14.9 Å². The summed E-state index contributed by atoms with van der Waals surface area (Å²) >= 11 is 6.12. The highest BCUT2D eigenvalue weighted by molar-refractivity contribution is 6.33. The van der Waals surface area contributed by atoms with Crippen LogP contribution in [-0.4, -0.2) is 28.6 Å². The number of nitro groups is 1. The van der Waals surface area contributed by atoms with E-state index in [1.807, 2.05) is 32.0 Å². The van der Waals surface area contributed by atoms with Crippen molar-refractivity contribution < 1.29 is 9.66 Å². The van der Waals surface area contributed by atoms with E-state index in [0.29, 0.717) is 40.9 Å². The van der Waals surface area contributed by atoms with Gasteiger partial charge in [-0.1, -0.05) is 54.3 Å². The fourth-order valence-electron chi connectivity index (χ4n) is 4.91. The molecule has 1 aliphatic rings. The van der Waals surface area contributed by atoms with E-state index in [0.717, 1.165) is 36.0 Å². The summed E-state index contributed by atoms with van der Waals surface area (Å²) in [6.07, 6.45) is 5.33. The van der Waals surface area contributed by atoms with Crippen LogP contribution in [0, 0.1) is 24.0 Å². The molecule has 180 valence electrons. The van der Waals surface area contributed by atoms with Crippen LogP contribution in [0.25, 0.3) is 22.0 Å². The molecule has 0 bridgehead atoms. The summed E-state index contributed by atoms with van der Waals surface area (Å²) in [4.78, 5) is 27.1. The first-order valence-corrected chi connectivity index (χ1v) is 12.2. The predicted octanol–water partition coefficient (Wildman–Crippen LogP) is 6.06. The van der Waals surface area contributed by atoms with E-state index in [-0.39, 0.29) is 16.3 Å². The highest BCUT2D eigenvalue weighted by Crippen LogP contribution is 2.38. The first kappa shape index (κ1) is 24.2. The van der Waals surface area contributed by atoms with Gasteiger partial charge < -0.3 is 15.0 Å². The van der Waals surface area contributed by atoms with Crippen LogP contribution in [0.4, 0.5) is 5.69 Å². The minimum atomic E-state index is -0.524. The molecule has 2 heterocycles. The number of hydrogen-bond donors (Lipinski definition) is 2. The zero-order chi connectivity index (χ0) is 24.4. The van der Waals surface area contributed by atoms with Gasteiger partial charge in [0.2, 0.25) is 0 Å². The standard InChI is InChI=1S/C26H30ClN3O4/c1-4-18-6-5-7-19(28-18)8-9-34-25-20-13-23(30(32)33)21(27)14-22(20)29-26(31)24(25)17-11-15(2)10-16(3)12-17/h10-14,18-19,28H,4-9H2,1-3H3,(H,29,31). The molecule has 4 rings (SSSR count). The topological polar surface area (TPSA) is 97.3 Å². The van der Waals surface area contributed by atoms with E-state index < -0.39 is 4.92 Å². The maximum atomic E-state index is 13.2. The van der Waals surface area contributed by atoms with Crippen LogP contribution in [0.3, 0.4) is 0 Å². The van der Waals surface area contributed by atoms with Crippen LogP contribution in [-0.2, 0) is 0 Å². The van der Waals surface area contributed by atoms with E-state index >= 15 is 0 Å². The lowest BCUT2D eigenvalue weighted by atomic mass is 9.95. The molecule has 2 unspecified atom stereocenters. The van der Waals surface area contributed by atoms with Gasteiger partial charge in [-0.05, 0) is 51.2 Å². The maximum Gasteiger partial charge on any atom is 0.288 e. The lowest BCUT2D eigenvalue weighted by Crippen LogP contribution is -2.42. The fraction of sp³-hybridized carbons (Fsp3) is 0.423. The summed E-state index contributed by atoms with van der Waals surface area (Å²) in [7, 11) is 0. The van der Waals surface area contributed by atoms with Gasteiger partial charge >= 0.3 is 0 Å². The number of fused-ring (bicyclic) bond motifs is 1. The smallest absolute Gasteiger partial charge is 0.288 e. The number of hydrogen-bond acceptors (Lipinski definition) is 5. The average molecular weight is 484 g/mol. The average Bonchev–Trinajstić information content (AvgIpc) is 2.77. The van der Waals surface area contributed by atoms with E-state index in [1.165, 1.54) is 25.0 Å². The van der Waals surface area contributed by atoms with E-state index in [4.69, 9.17) is 16.3 Å². The van der Waals surface area contributed by atoms with E-state index in [9.17, 15) is 14.9 Å². The third-order valence-electron chi connectivity index (χ3n) is 6.52. The number of ether oxygens (including phenoxy) is 1. The first-order valence-electron chi connectivity index (χ1n) is 11.8. The van der Waals surface area contributed by atoms with Gasteiger partial charge in [0.15, 0.2) is 0 Å². The second-order valence-electron chi connectivity index (χ2n) is 9.18. The Hall–Kier alpha value is -2.90. The lowest BCUT2D eigenvalue weighted by molar-refractivity contribution is -0.384. The second kappa shape index (κ2) is 10.2. The number of H-pyrrole nitrogens is 1. The third kappa shape index (κ3) is 5.10. The molecule has 0 amide bonds. The normalized spacial score (nSPS) is 18.2. The van der Waals surface area contributed by atoms with Crippen LogP contribution >= 0.6 is 11.6 Å². The minimum Gasteiger partial charge on any atom is -0.492 e. The number of aryl methyl sites for hydroxylation is 2. The maximum absolute atomic E-state index is 13.2. The van der Waals surface area contributed by atoms with Crippen molar-refractivity contribution in [2.75, 3.05) is 6.61 Å². The van der Waals surface area contributed by atoms with E-state index in [2.05, 4.69) is 17.2 Å². The highest BCUT2D eigenvalue weighted by atomic mass is 35.5. The Morgan fingerprint density at radius 1 is 1.12 bits per heavy atom. The Morgan fingerprint density at radius 3 is 2.50 bits per heavy atom. The molecule has 1 aliphatic heterocycles. The van der Waals surface area contributed by atoms with Crippen molar-refractivity contribution in [3.63, 3.8) is 0 Å². The summed E-state index contributed by atoms with van der Waals surface area (Å²) in [5.41, 5.74) is 2.98. The quantitative estimate of drug-likeness (QED) is 0.314. The molecule has 2 aromatic carbocycles. The minimum absolute atomic E-state index is 0.0322. The van der Waals surface area contributed by atoms with Gasteiger partial charge in [-0.25, -0.2) is 0 Å². The van der Waals surface area contributed by atoms with Crippen LogP contribution in [0.2, 0.25) is 5.02 Å². The summed E-state index contributed by atoms with van der Waals surface area (Å²) in [5, 5.41) is 15.7. The number of aromatic nitrogens is 1. The summed E-state index contributed by atoms with van der Waals surface area (Å²) in [5.74, 6) is 0.353. The van der Waals surface area contributed by atoms with Crippen molar-refractivity contribution in [2.45, 2.75) is 65.0 Å². The first-order chi connectivity index (χ1) is 16.3. The third-order valence-corrected chi connectivity index (χ3v) is 6.83. The Bertz CT molecular complexity index is 1270. The molecule has 0 spiro atoms. The molecule has 1 aromatic heterocycles. The van der Waals surface area contributed by atoms with Crippen LogP contribution in [0.1, 0.15) is 50.2 Å². The molecule has 34 heavy (non-hydrogen) atoms. The van der Waals surface area contributed by atoms with Crippen molar-refractivity contribution in [3.05, 3.63) is 66.9 Å². The number of nitro benzene ring substituents is 1. The Labute approximate surface area is 203 Å². The lowest BCUT2D eigenvalue weighted by Gasteiger charge is -2.30. The van der Waals surface area contributed by atoms with Crippen LogP contribution in [0.15, 0.2) is 35.1 Å². The number of aromatic amines is 1. The zero-order valence-corrected chi connectivity index (χ0v) is 20.5. The Morgan fingerprint density at radius 2 is 1.82 bits per heavy atom. The van der Waals surface area contributed by atoms with Gasteiger partial charge in [0.25, 0.3) is 11.2 Å². The molecular weight excluding hydrogens is 454 g/mol.